The van der Waals surface area contributed by atoms with Crippen molar-refractivity contribution < 1.29 is 9.53 Å². The van der Waals surface area contributed by atoms with Crippen LogP contribution in [0.5, 0.6) is 5.75 Å². The number of H-pyrrole nitrogens is 1. The number of rotatable bonds is 5. The molecule has 27 heavy (non-hydrogen) atoms. The molecule has 1 amide bonds. The third kappa shape index (κ3) is 4.96. The number of hydrogen-bond acceptors (Lipinski definition) is 4. The van der Waals surface area contributed by atoms with Gasteiger partial charge >= 0.3 is 0 Å². The van der Waals surface area contributed by atoms with Gasteiger partial charge in [-0.05, 0) is 51.3 Å². The molecule has 1 aliphatic rings. The zero-order valence-corrected chi connectivity index (χ0v) is 16.2. The SMILES string of the molecule is Cc1cccc(OC[C@H]2CCCN(C(=O)Cc3c(C)nc(C)[nH]c3=O)C2)c1. The van der Waals surface area contributed by atoms with E-state index in [-0.39, 0.29) is 17.9 Å². The molecule has 0 radical (unpaired) electrons. The van der Waals surface area contributed by atoms with Crippen LogP contribution in [0.3, 0.4) is 0 Å². The number of amides is 1. The molecule has 1 N–H and O–H groups in total. The molecule has 6 nitrogen and oxygen atoms in total. The number of aromatic amines is 1. The molecule has 2 aromatic rings. The second kappa shape index (κ2) is 8.37. The minimum atomic E-state index is -0.218. The Kier molecular flexibility index (Phi) is 5.94. The van der Waals surface area contributed by atoms with Gasteiger partial charge in [0.25, 0.3) is 5.56 Å². The number of benzene rings is 1. The van der Waals surface area contributed by atoms with Crippen LogP contribution in [0, 0.1) is 26.7 Å². The zero-order chi connectivity index (χ0) is 19.4. The average Bonchev–Trinajstić information content (AvgIpc) is 2.63. The highest BCUT2D eigenvalue weighted by Gasteiger charge is 2.25. The van der Waals surface area contributed by atoms with Crippen LogP contribution in [0.4, 0.5) is 0 Å². The van der Waals surface area contributed by atoms with Gasteiger partial charge in [0.2, 0.25) is 5.91 Å². The number of carbonyl (C=O) groups excluding carboxylic acids is 1. The maximum Gasteiger partial charge on any atom is 0.254 e. The maximum absolute atomic E-state index is 12.7. The van der Waals surface area contributed by atoms with Crippen LogP contribution in [0.2, 0.25) is 0 Å². The van der Waals surface area contributed by atoms with E-state index in [1.807, 2.05) is 36.1 Å². The Bertz CT molecular complexity index is 875. The lowest BCUT2D eigenvalue weighted by atomic mass is 9.98. The molecule has 0 spiro atoms. The number of aromatic nitrogens is 2. The molecular weight excluding hydrogens is 342 g/mol. The normalized spacial score (nSPS) is 17.0. The first-order valence-electron chi connectivity index (χ1n) is 9.46. The van der Waals surface area contributed by atoms with Crippen molar-refractivity contribution in [3.05, 3.63) is 57.3 Å². The van der Waals surface area contributed by atoms with Crippen molar-refractivity contribution in [2.75, 3.05) is 19.7 Å². The number of likely N-dealkylation sites (tertiary alicyclic amines) is 1. The van der Waals surface area contributed by atoms with Crippen molar-refractivity contribution in [2.45, 2.75) is 40.0 Å². The summed E-state index contributed by atoms with van der Waals surface area (Å²) < 4.78 is 5.92. The fourth-order valence-electron chi connectivity index (χ4n) is 3.57. The standard InChI is InChI=1S/C21H27N3O3/c1-14-6-4-8-18(10-14)27-13-17-7-5-9-24(12-17)20(25)11-19-15(2)22-16(3)23-21(19)26/h4,6,8,10,17H,5,7,9,11-13H2,1-3H3,(H,22,23,26)/t17-/m0/s1. The van der Waals surface area contributed by atoms with E-state index >= 15 is 0 Å². The molecule has 1 aliphatic heterocycles. The fourth-order valence-corrected chi connectivity index (χ4v) is 3.57. The highest BCUT2D eigenvalue weighted by molar-refractivity contribution is 5.79. The average molecular weight is 369 g/mol. The number of aryl methyl sites for hydroxylation is 3. The van der Waals surface area contributed by atoms with Gasteiger partial charge in [-0.15, -0.1) is 0 Å². The van der Waals surface area contributed by atoms with Gasteiger partial charge in [0.15, 0.2) is 0 Å². The summed E-state index contributed by atoms with van der Waals surface area (Å²) in [5.41, 5.74) is 2.04. The summed E-state index contributed by atoms with van der Waals surface area (Å²) in [7, 11) is 0. The first-order chi connectivity index (χ1) is 12.9. The highest BCUT2D eigenvalue weighted by atomic mass is 16.5. The summed E-state index contributed by atoms with van der Waals surface area (Å²) in [6.45, 7) is 7.55. The minimum Gasteiger partial charge on any atom is -0.493 e. The third-order valence-corrected chi connectivity index (χ3v) is 5.02. The van der Waals surface area contributed by atoms with Crippen LogP contribution in [0.25, 0.3) is 0 Å². The summed E-state index contributed by atoms with van der Waals surface area (Å²) in [6.07, 6.45) is 2.09. The Morgan fingerprint density at radius 2 is 2.15 bits per heavy atom. The molecule has 6 heteroatoms. The second-order valence-electron chi connectivity index (χ2n) is 7.37. The van der Waals surface area contributed by atoms with E-state index in [2.05, 4.69) is 9.97 Å². The molecule has 1 atom stereocenters. The first kappa shape index (κ1) is 19.1. The van der Waals surface area contributed by atoms with Crippen molar-refractivity contribution in [1.29, 1.82) is 0 Å². The molecule has 3 rings (SSSR count). The van der Waals surface area contributed by atoms with Gasteiger partial charge in [0.05, 0.1) is 13.0 Å². The van der Waals surface area contributed by atoms with Crippen molar-refractivity contribution in [2.24, 2.45) is 5.92 Å². The number of nitrogens with zero attached hydrogens (tertiary/aromatic N) is 2. The predicted molar refractivity (Wildman–Crippen MR) is 104 cm³/mol. The van der Waals surface area contributed by atoms with Crippen molar-refractivity contribution in [1.82, 2.24) is 14.9 Å². The van der Waals surface area contributed by atoms with Crippen LogP contribution < -0.4 is 10.3 Å². The Morgan fingerprint density at radius 3 is 2.89 bits per heavy atom. The first-order valence-corrected chi connectivity index (χ1v) is 9.46. The highest BCUT2D eigenvalue weighted by Crippen LogP contribution is 2.20. The molecule has 0 saturated carbocycles. The van der Waals surface area contributed by atoms with Gasteiger partial charge in [-0.25, -0.2) is 4.98 Å². The van der Waals surface area contributed by atoms with Crippen LogP contribution >= 0.6 is 0 Å². The van der Waals surface area contributed by atoms with Crippen molar-refractivity contribution in [3.8, 4) is 5.75 Å². The van der Waals surface area contributed by atoms with E-state index in [0.29, 0.717) is 36.2 Å². The predicted octanol–water partition coefficient (Wildman–Crippen LogP) is 2.56. The van der Waals surface area contributed by atoms with E-state index in [1.165, 1.54) is 5.56 Å². The fraction of sp³-hybridized carbons (Fsp3) is 0.476. The van der Waals surface area contributed by atoms with E-state index in [1.54, 1.807) is 13.8 Å². The molecule has 144 valence electrons. The summed E-state index contributed by atoms with van der Waals surface area (Å²) in [6, 6.07) is 8.00. The lowest BCUT2D eigenvalue weighted by molar-refractivity contribution is -0.132. The van der Waals surface area contributed by atoms with Gasteiger partial charge in [0, 0.05) is 30.3 Å². The van der Waals surface area contributed by atoms with Crippen LogP contribution in [-0.4, -0.2) is 40.5 Å². The topological polar surface area (TPSA) is 75.3 Å². The largest absolute Gasteiger partial charge is 0.493 e. The lowest BCUT2D eigenvalue weighted by Gasteiger charge is -2.32. The molecule has 1 saturated heterocycles. The summed E-state index contributed by atoms with van der Waals surface area (Å²) in [5, 5.41) is 0. The van der Waals surface area contributed by atoms with E-state index in [9.17, 15) is 9.59 Å². The minimum absolute atomic E-state index is 0.0190. The maximum atomic E-state index is 12.7. The second-order valence-corrected chi connectivity index (χ2v) is 7.37. The zero-order valence-electron chi connectivity index (χ0n) is 16.2. The van der Waals surface area contributed by atoms with E-state index in [4.69, 9.17) is 4.74 Å². The Labute approximate surface area is 159 Å². The Morgan fingerprint density at radius 1 is 1.33 bits per heavy atom. The quantitative estimate of drug-likeness (QED) is 0.879. The van der Waals surface area contributed by atoms with Crippen LogP contribution in [-0.2, 0) is 11.2 Å². The van der Waals surface area contributed by atoms with Crippen LogP contribution in [0.15, 0.2) is 29.1 Å². The molecule has 1 fully saturated rings. The number of nitrogens with one attached hydrogen (secondary N) is 1. The Balaban J connectivity index is 1.59. The van der Waals surface area contributed by atoms with Gasteiger partial charge in [0.1, 0.15) is 11.6 Å². The molecular formula is C21H27N3O3. The molecule has 0 aliphatic carbocycles. The van der Waals surface area contributed by atoms with Gasteiger partial charge in [-0.2, -0.15) is 0 Å². The Hall–Kier alpha value is -2.63. The van der Waals surface area contributed by atoms with E-state index in [0.717, 1.165) is 25.1 Å². The third-order valence-electron chi connectivity index (χ3n) is 5.02. The summed E-state index contributed by atoms with van der Waals surface area (Å²) in [5.74, 6) is 1.72. The molecule has 1 aromatic carbocycles. The molecule has 2 heterocycles. The number of piperidine rings is 1. The smallest absolute Gasteiger partial charge is 0.254 e. The molecule has 1 aromatic heterocycles. The number of ether oxygens (including phenoxy) is 1. The van der Waals surface area contributed by atoms with Gasteiger partial charge in [-0.3, -0.25) is 9.59 Å². The summed E-state index contributed by atoms with van der Waals surface area (Å²) >= 11 is 0. The van der Waals surface area contributed by atoms with Gasteiger partial charge in [-0.1, -0.05) is 12.1 Å². The van der Waals surface area contributed by atoms with Crippen molar-refractivity contribution in [3.63, 3.8) is 0 Å². The van der Waals surface area contributed by atoms with E-state index < -0.39 is 0 Å². The summed E-state index contributed by atoms with van der Waals surface area (Å²) in [4.78, 5) is 33.7. The van der Waals surface area contributed by atoms with Gasteiger partial charge < -0.3 is 14.6 Å². The molecule has 0 unspecified atom stereocenters. The lowest BCUT2D eigenvalue weighted by Crippen LogP contribution is -2.43. The molecule has 0 bridgehead atoms. The number of carbonyl (C=O) groups is 1. The monoisotopic (exact) mass is 369 g/mol. The van der Waals surface area contributed by atoms with Crippen LogP contribution in [0.1, 0.15) is 35.5 Å². The number of hydrogen-bond donors (Lipinski definition) is 1. The van der Waals surface area contributed by atoms with Crippen molar-refractivity contribution >= 4 is 5.91 Å².